The summed E-state index contributed by atoms with van der Waals surface area (Å²) in [5.41, 5.74) is 8.20. The molecule has 0 amide bonds. The summed E-state index contributed by atoms with van der Waals surface area (Å²) in [5, 5.41) is 10.9. The number of rotatable bonds is 3. The van der Waals surface area contributed by atoms with Crippen molar-refractivity contribution in [1.82, 2.24) is 0 Å². The predicted molar refractivity (Wildman–Crippen MR) is 83.5 cm³/mol. The van der Waals surface area contributed by atoms with Crippen molar-refractivity contribution in [2.45, 2.75) is 6.54 Å². The predicted octanol–water partition coefficient (Wildman–Crippen LogP) is 2.57. The lowest BCUT2D eigenvalue weighted by Gasteiger charge is -2.18. The van der Waals surface area contributed by atoms with Gasteiger partial charge in [-0.05, 0) is 35.7 Å². The molecule has 4 heteroatoms. The standard InChI is InChI=1S/C16H15N3S/c1-19(15-6-4-13(11-18)5-7-15)12-16-14(3-2-9-17)8-10-20-16/h4-8,10H,9,12,17H2,1H3. The van der Waals surface area contributed by atoms with E-state index < -0.39 is 0 Å². The third-order valence-electron chi connectivity index (χ3n) is 2.89. The molecule has 0 aliphatic heterocycles. The minimum atomic E-state index is 0.376. The van der Waals surface area contributed by atoms with Gasteiger partial charge in [0.05, 0.1) is 24.7 Å². The van der Waals surface area contributed by atoms with Crippen molar-refractivity contribution in [1.29, 1.82) is 5.26 Å². The van der Waals surface area contributed by atoms with E-state index in [4.69, 9.17) is 11.0 Å². The summed E-state index contributed by atoms with van der Waals surface area (Å²) in [6.07, 6.45) is 0. The van der Waals surface area contributed by atoms with Crippen LogP contribution in [0.1, 0.15) is 16.0 Å². The second kappa shape index (κ2) is 6.77. The Labute approximate surface area is 123 Å². The van der Waals surface area contributed by atoms with Crippen LogP contribution in [0.15, 0.2) is 35.7 Å². The molecule has 0 fully saturated rings. The summed E-state index contributed by atoms with van der Waals surface area (Å²) < 4.78 is 0. The lowest BCUT2D eigenvalue weighted by molar-refractivity contribution is 0.938. The maximum atomic E-state index is 8.81. The van der Waals surface area contributed by atoms with Crippen molar-refractivity contribution in [2.75, 3.05) is 18.5 Å². The van der Waals surface area contributed by atoms with Crippen molar-refractivity contribution in [3.8, 4) is 17.9 Å². The Morgan fingerprint density at radius 2 is 2.00 bits per heavy atom. The molecule has 2 aromatic rings. The molecule has 0 saturated heterocycles. The van der Waals surface area contributed by atoms with Crippen LogP contribution >= 0.6 is 11.3 Å². The van der Waals surface area contributed by atoms with Gasteiger partial charge in [-0.3, -0.25) is 0 Å². The number of benzene rings is 1. The highest BCUT2D eigenvalue weighted by molar-refractivity contribution is 7.10. The maximum Gasteiger partial charge on any atom is 0.0991 e. The number of nitrogens with two attached hydrogens (primary N) is 1. The lowest BCUT2D eigenvalue weighted by Crippen LogP contribution is -2.16. The van der Waals surface area contributed by atoms with Crippen LogP contribution in [0.4, 0.5) is 5.69 Å². The van der Waals surface area contributed by atoms with E-state index in [-0.39, 0.29) is 0 Å². The second-order valence-electron chi connectivity index (χ2n) is 4.28. The summed E-state index contributed by atoms with van der Waals surface area (Å²) >= 11 is 1.69. The average molecular weight is 281 g/mol. The molecule has 0 saturated carbocycles. The molecule has 0 atom stereocenters. The van der Waals surface area contributed by atoms with Crippen LogP contribution in [0.5, 0.6) is 0 Å². The van der Waals surface area contributed by atoms with Gasteiger partial charge in [0.2, 0.25) is 0 Å². The van der Waals surface area contributed by atoms with Gasteiger partial charge in [-0.15, -0.1) is 11.3 Å². The average Bonchev–Trinajstić information content (AvgIpc) is 2.92. The van der Waals surface area contributed by atoms with Gasteiger partial charge in [-0.1, -0.05) is 11.8 Å². The van der Waals surface area contributed by atoms with Crippen LogP contribution in [0.2, 0.25) is 0 Å². The first-order valence-electron chi connectivity index (χ1n) is 6.21. The van der Waals surface area contributed by atoms with E-state index in [9.17, 15) is 0 Å². The maximum absolute atomic E-state index is 8.81. The van der Waals surface area contributed by atoms with Crippen molar-refractivity contribution >= 4 is 17.0 Å². The first-order valence-corrected chi connectivity index (χ1v) is 7.09. The van der Waals surface area contributed by atoms with E-state index in [0.717, 1.165) is 17.8 Å². The monoisotopic (exact) mass is 281 g/mol. The topological polar surface area (TPSA) is 53.0 Å². The van der Waals surface area contributed by atoms with Crippen LogP contribution in [0, 0.1) is 23.2 Å². The quantitative estimate of drug-likeness (QED) is 0.880. The summed E-state index contributed by atoms with van der Waals surface area (Å²) in [6, 6.07) is 11.7. The van der Waals surface area contributed by atoms with E-state index in [1.807, 2.05) is 42.8 Å². The molecule has 1 heterocycles. The van der Waals surface area contributed by atoms with Gasteiger partial charge >= 0.3 is 0 Å². The van der Waals surface area contributed by atoms with E-state index >= 15 is 0 Å². The van der Waals surface area contributed by atoms with Crippen LogP contribution < -0.4 is 10.6 Å². The molecule has 20 heavy (non-hydrogen) atoms. The molecular formula is C16H15N3S. The molecule has 0 aliphatic rings. The summed E-state index contributed by atoms with van der Waals surface area (Å²) in [7, 11) is 2.03. The van der Waals surface area contributed by atoms with Crippen molar-refractivity contribution < 1.29 is 0 Å². The highest BCUT2D eigenvalue weighted by atomic mass is 32.1. The third-order valence-corrected chi connectivity index (χ3v) is 3.79. The molecule has 0 unspecified atom stereocenters. The minimum absolute atomic E-state index is 0.376. The molecule has 0 bridgehead atoms. The molecule has 1 aromatic heterocycles. The summed E-state index contributed by atoms with van der Waals surface area (Å²) in [4.78, 5) is 3.36. The Balaban J connectivity index is 2.13. The van der Waals surface area contributed by atoms with Gasteiger partial charge in [0, 0.05) is 23.2 Å². The molecule has 2 N–H and O–H groups in total. The molecule has 1 aromatic carbocycles. The van der Waals surface area contributed by atoms with Crippen molar-refractivity contribution in [2.24, 2.45) is 5.73 Å². The Kier molecular flexibility index (Phi) is 4.79. The van der Waals surface area contributed by atoms with Crippen molar-refractivity contribution in [3.05, 3.63) is 51.7 Å². The van der Waals surface area contributed by atoms with E-state index in [1.165, 1.54) is 4.88 Å². The van der Waals surface area contributed by atoms with Gasteiger partial charge < -0.3 is 10.6 Å². The van der Waals surface area contributed by atoms with Crippen LogP contribution in [-0.4, -0.2) is 13.6 Å². The first kappa shape index (κ1) is 14.1. The van der Waals surface area contributed by atoms with Gasteiger partial charge in [0.1, 0.15) is 0 Å². The minimum Gasteiger partial charge on any atom is -0.369 e. The van der Waals surface area contributed by atoms with E-state index in [0.29, 0.717) is 12.1 Å². The van der Waals surface area contributed by atoms with Crippen molar-refractivity contribution in [3.63, 3.8) is 0 Å². The van der Waals surface area contributed by atoms with Gasteiger partial charge in [-0.25, -0.2) is 0 Å². The number of nitrogens with zero attached hydrogens (tertiary/aromatic N) is 2. The zero-order chi connectivity index (χ0) is 14.4. The number of anilines is 1. The number of thiophene rings is 1. The summed E-state index contributed by atoms with van der Waals surface area (Å²) in [6.45, 7) is 1.17. The fraction of sp³-hybridized carbons (Fsp3) is 0.188. The molecule has 0 aliphatic carbocycles. The molecule has 2 rings (SSSR count). The van der Waals surface area contributed by atoms with Gasteiger partial charge in [-0.2, -0.15) is 5.26 Å². The number of hydrogen-bond donors (Lipinski definition) is 1. The third kappa shape index (κ3) is 3.39. The van der Waals surface area contributed by atoms with E-state index in [1.54, 1.807) is 11.3 Å². The van der Waals surface area contributed by atoms with E-state index in [2.05, 4.69) is 22.8 Å². The first-order chi connectivity index (χ1) is 9.74. The second-order valence-corrected chi connectivity index (χ2v) is 5.28. The zero-order valence-corrected chi connectivity index (χ0v) is 12.1. The highest BCUT2D eigenvalue weighted by Gasteiger charge is 2.07. The molecule has 3 nitrogen and oxygen atoms in total. The molecule has 0 spiro atoms. The fourth-order valence-electron chi connectivity index (χ4n) is 1.82. The van der Waals surface area contributed by atoms with Gasteiger partial charge in [0.25, 0.3) is 0 Å². The molecule has 100 valence electrons. The largest absolute Gasteiger partial charge is 0.369 e. The fourth-order valence-corrected chi connectivity index (χ4v) is 2.70. The van der Waals surface area contributed by atoms with Gasteiger partial charge in [0.15, 0.2) is 0 Å². The Hall–Kier alpha value is -2.27. The SMILES string of the molecule is CN(Cc1sccc1C#CCN)c1ccc(C#N)cc1. The number of nitriles is 1. The molecule has 0 radical (unpaired) electrons. The van der Waals surface area contributed by atoms with Crippen LogP contribution in [0.25, 0.3) is 0 Å². The zero-order valence-electron chi connectivity index (χ0n) is 11.3. The Bertz CT molecular complexity index is 668. The Morgan fingerprint density at radius 3 is 2.65 bits per heavy atom. The van der Waals surface area contributed by atoms with Crippen LogP contribution in [0.3, 0.4) is 0 Å². The number of hydrogen-bond acceptors (Lipinski definition) is 4. The molecular weight excluding hydrogens is 266 g/mol. The highest BCUT2D eigenvalue weighted by Crippen LogP contribution is 2.21. The summed E-state index contributed by atoms with van der Waals surface area (Å²) in [5.74, 6) is 5.98. The lowest BCUT2D eigenvalue weighted by atomic mass is 10.2. The smallest absolute Gasteiger partial charge is 0.0991 e. The normalized spacial score (nSPS) is 9.45. The Morgan fingerprint density at radius 1 is 1.25 bits per heavy atom. The van der Waals surface area contributed by atoms with Crippen LogP contribution in [-0.2, 0) is 6.54 Å².